The van der Waals surface area contributed by atoms with E-state index in [1.807, 2.05) is 0 Å². The highest BCUT2D eigenvalue weighted by Crippen LogP contribution is 2.38. The van der Waals surface area contributed by atoms with Crippen LogP contribution >= 0.6 is 0 Å². The summed E-state index contributed by atoms with van der Waals surface area (Å²) in [4.78, 5) is 18.0. The minimum absolute atomic E-state index is 0.0299. The molecule has 2 heterocycles. The first-order valence-electron chi connectivity index (χ1n) is 11.2. The van der Waals surface area contributed by atoms with E-state index in [0.717, 1.165) is 41.4 Å². The third kappa shape index (κ3) is 6.29. The maximum atomic E-state index is 14.0. The van der Waals surface area contributed by atoms with Gasteiger partial charge in [-0.1, -0.05) is 6.07 Å². The van der Waals surface area contributed by atoms with Gasteiger partial charge in [-0.2, -0.15) is 13.2 Å². The van der Waals surface area contributed by atoms with Crippen molar-refractivity contribution >= 4 is 11.6 Å². The predicted octanol–water partition coefficient (Wildman–Crippen LogP) is 6.77. The van der Waals surface area contributed by atoms with Crippen molar-refractivity contribution in [2.24, 2.45) is 0 Å². The molecule has 4 rings (SSSR count). The lowest BCUT2D eigenvalue weighted by Gasteiger charge is -2.29. The number of nitrogens with one attached hydrogen (secondary N) is 1. The van der Waals surface area contributed by atoms with Gasteiger partial charge in [0.05, 0.1) is 17.3 Å². The first-order valence-corrected chi connectivity index (χ1v) is 11.2. The van der Waals surface area contributed by atoms with Gasteiger partial charge in [0.15, 0.2) is 0 Å². The number of anilines is 1. The Kier molecular flexibility index (Phi) is 7.04. The zero-order valence-electron chi connectivity index (χ0n) is 20.2. The van der Waals surface area contributed by atoms with Crippen LogP contribution in [0, 0.1) is 11.6 Å². The molecule has 206 valence electrons. The molecule has 0 saturated heterocycles. The van der Waals surface area contributed by atoms with Crippen molar-refractivity contribution in [3.63, 3.8) is 0 Å². The number of carbonyl (C=O) groups excluding carboxylic acids is 1. The molecule has 1 aliphatic rings. The average molecular weight is 557 g/mol. The van der Waals surface area contributed by atoms with Crippen LogP contribution in [0.5, 0.6) is 5.75 Å². The van der Waals surface area contributed by atoms with E-state index in [9.17, 15) is 39.9 Å². The first kappa shape index (κ1) is 27.9. The van der Waals surface area contributed by atoms with Crippen molar-refractivity contribution in [3.05, 3.63) is 101 Å². The van der Waals surface area contributed by atoms with Crippen molar-refractivity contribution in [2.45, 2.75) is 38.0 Å². The van der Waals surface area contributed by atoms with E-state index in [1.165, 1.54) is 24.3 Å². The number of nitrogens with zero attached hydrogens (tertiary/aromatic N) is 2. The van der Waals surface area contributed by atoms with Gasteiger partial charge in [-0.05, 0) is 73.5 Å². The lowest BCUT2D eigenvalue weighted by molar-refractivity contribution is -0.274. The van der Waals surface area contributed by atoms with Crippen LogP contribution in [0.15, 0.2) is 72.6 Å². The van der Waals surface area contributed by atoms with Crippen molar-refractivity contribution in [3.8, 4) is 5.75 Å². The summed E-state index contributed by atoms with van der Waals surface area (Å²) in [7, 11) is 0. The van der Waals surface area contributed by atoms with E-state index in [2.05, 4.69) is 15.0 Å². The molecule has 0 spiro atoms. The molecular formula is C26H19F8N3O2. The zero-order valence-corrected chi connectivity index (χ0v) is 20.2. The Bertz CT molecular complexity index is 1380. The molecular weight excluding hydrogens is 538 g/mol. The Morgan fingerprint density at radius 2 is 1.51 bits per heavy atom. The summed E-state index contributed by atoms with van der Waals surface area (Å²) in [6, 6.07) is 7.83. The summed E-state index contributed by atoms with van der Waals surface area (Å²) in [6.45, 7) is 3.16. The highest BCUT2D eigenvalue weighted by Gasteiger charge is 2.39. The molecule has 13 heteroatoms. The minimum Gasteiger partial charge on any atom is -0.406 e. The molecule has 1 atom stereocenters. The van der Waals surface area contributed by atoms with Gasteiger partial charge in [0.2, 0.25) is 0 Å². The van der Waals surface area contributed by atoms with E-state index in [4.69, 9.17) is 0 Å². The number of carbonyl (C=O) groups is 1. The summed E-state index contributed by atoms with van der Waals surface area (Å²) in [6.07, 6.45) is -7.22. The van der Waals surface area contributed by atoms with E-state index in [-0.39, 0.29) is 16.9 Å². The largest absolute Gasteiger partial charge is 0.573 e. The van der Waals surface area contributed by atoms with Gasteiger partial charge in [0.25, 0.3) is 5.91 Å². The molecule has 2 aromatic carbocycles. The molecule has 0 fully saturated rings. The number of amides is 1. The van der Waals surface area contributed by atoms with Crippen LogP contribution in [0.3, 0.4) is 0 Å². The average Bonchev–Trinajstić information content (AvgIpc) is 3.13. The molecule has 1 N–H and O–H groups in total. The molecule has 0 saturated carbocycles. The van der Waals surface area contributed by atoms with Crippen molar-refractivity contribution < 1.29 is 44.7 Å². The third-order valence-electron chi connectivity index (χ3n) is 5.85. The fourth-order valence-corrected chi connectivity index (χ4v) is 4.07. The number of alkyl halides is 6. The molecule has 0 aliphatic carbocycles. The molecule has 3 aromatic rings. The Hall–Kier alpha value is -4.16. The quantitative estimate of drug-likeness (QED) is 0.340. The second-order valence-electron chi connectivity index (χ2n) is 9.12. The summed E-state index contributed by atoms with van der Waals surface area (Å²) in [5.74, 6) is -3.09. The van der Waals surface area contributed by atoms with Gasteiger partial charge in [0, 0.05) is 18.0 Å². The summed E-state index contributed by atoms with van der Waals surface area (Å²) >= 11 is 0. The monoisotopic (exact) mass is 557 g/mol. The van der Waals surface area contributed by atoms with E-state index < -0.39 is 53.1 Å². The number of benzene rings is 2. The number of rotatable bonds is 6. The smallest absolute Gasteiger partial charge is 0.406 e. The number of aromatic nitrogens is 1. The summed E-state index contributed by atoms with van der Waals surface area (Å²) < 4.78 is 108. The lowest BCUT2D eigenvalue weighted by atomic mass is 9.95. The Labute approximate surface area is 216 Å². The number of halogens is 8. The fourth-order valence-electron chi connectivity index (χ4n) is 4.07. The van der Waals surface area contributed by atoms with E-state index >= 15 is 0 Å². The van der Waals surface area contributed by atoms with Crippen LogP contribution in [0.1, 0.15) is 36.7 Å². The highest BCUT2D eigenvalue weighted by molar-refractivity contribution is 6.09. The maximum absolute atomic E-state index is 14.0. The number of pyridine rings is 1. The van der Waals surface area contributed by atoms with E-state index in [1.54, 1.807) is 13.8 Å². The first-order chi connectivity index (χ1) is 18.0. The van der Waals surface area contributed by atoms with Crippen molar-refractivity contribution in [2.75, 3.05) is 4.90 Å². The Balaban J connectivity index is 1.69. The molecule has 1 amide bonds. The van der Waals surface area contributed by atoms with Crippen LogP contribution in [-0.4, -0.2) is 17.3 Å². The highest BCUT2D eigenvalue weighted by atomic mass is 19.4. The Morgan fingerprint density at radius 3 is 2.03 bits per heavy atom. The molecule has 0 radical (unpaired) electrons. The number of hydrogen-bond donors (Lipinski definition) is 1. The standard InChI is InChI=1S/C26H19F8N3O2/c1-24(2,15-3-8-22(35-13-15)25(29,30)31)36-20-12-21(14-9-16(27)11-17(28)10-14)37(23(20)38)18-4-6-19(7-5-18)39-26(32,33)34/h3-13,21,36H,1-2H3. The van der Waals surface area contributed by atoms with Crippen molar-refractivity contribution in [1.82, 2.24) is 10.3 Å². The van der Waals surface area contributed by atoms with Crippen LogP contribution in [0.4, 0.5) is 40.8 Å². The molecule has 39 heavy (non-hydrogen) atoms. The van der Waals surface area contributed by atoms with Gasteiger partial charge in [-0.3, -0.25) is 14.7 Å². The molecule has 1 aliphatic heterocycles. The summed E-state index contributed by atoms with van der Waals surface area (Å²) in [5, 5.41) is 2.94. The SMILES string of the molecule is CC(C)(NC1=CC(c2cc(F)cc(F)c2)N(c2ccc(OC(F)(F)F)cc2)C1=O)c1ccc(C(F)(F)F)nc1. The van der Waals surface area contributed by atoms with E-state index in [0.29, 0.717) is 11.6 Å². The molecule has 0 bridgehead atoms. The third-order valence-corrected chi connectivity index (χ3v) is 5.85. The fraction of sp³-hybridized carbons (Fsp3) is 0.231. The zero-order chi connectivity index (χ0) is 28.8. The minimum atomic E-state index is -4.94. The van der Waals surface area contributed by atoms with Crippen molar-refractivity contribution in [1.29, 1.82) is 0 Å². The van der Waals surface area contributed by atoms with Gasteiger partial charge < -0.3 is 10.1 Å². The molecule has 5 nitrogen and oxygen atoms in total. The molecule has 1 aromatic heterocycles. The second kappa shape index (κ2) is 9.86. The van der Waals surface area contributed by atoms with Crippen LogP contribution in [0.2, 0.25) is 0 Å². The van der Waals surface area contributed by atoms with Gasteiger partial charge >= 0.3 is 12.5 Å². The Morgan fingerprint density at radius 1 is 0.897 bits per heavy atom. The predicted molar refractivity (Wildman–Crippen MR) is 123 cm³/mol. The van der Waals surface area contributed by atoms with Crippen LogP contribution in [0.25, 0.3) is 0 Å². The number of hydrogen-bond acceptors (Lipinski definition) is 4. The topological polar surface area (TPSA) is 54.5 Å². The second-order valence-corrected chi connectivity index (χ2v) is 9.12. The van der Waals surface area contributed by atoms with Gasteiger partial charge in [-0.25, -0.2) is 8.78 Å². The molecule has 1 unspecified atom stereocenters. The maximum Gasteiger partial charge on any atom is 0.573 e. The van der Waals surface area contributed by atoms with Crippen LogP contribution in [-0.2, 0) is 16.5 Å². The normalized spacial score (nSPS) is 16.4. The lowest BCUT2D eigenvalue weighted by Crippen LogP contribution is -2.40. The van der Waals surface area contributed by atoms with Crippen LogP contribution < -0.4 is 15.0 Å². The summed E-state index contributed by atoms with van der Waals surface area (Å²) in [5.41, 5.74) is -1.89. The van der Waals surface area contributed by atoms with Gasteiger partial charge in [0.1, 0.15) is 23.1 Å². The number of ether oxygens (including phenoxy) is 1. The van der Waals surface area contributed by atoms with Gasteiger partial charge in [-0.15, -0.1) is 13.2 Å².